The number of carbonyl (C=O) groups excluding carboxylic acids is 1. The van der Waals surface area contributed by atoms with Gasteiger partial charge in [-0.1, -0.05) is 18.2 Å². The van der Waals surface area contributed by atoms with Crippen molar-refractivity contribution in [1.29, 1.82) is 0 Å². The first-order chi connectivity index (χ1) is 10.2. The molecule has 1 aromatic carbocycles. The molecule has 0 saturated heterocycles. The van der Waals surface area contributed by atoms with Crippen LogP contribution >= 0.6 is 11.3 Å². The second-order valence-corrected chi connectivity index (χ2v) is 5.67. The van der Waals surface area contributed by atoms with E-state index >= 15 is 0 Å². The van der Waals surface area contributed by atoms with Gasteiger partial charge in [0.05, 0.1) is 23.4 Å². The van der Waals surface area contributed by atoms with Gasteiger partial charge in [-0.15, -0.1) is 11.3 Å². The smallest absolute Gasteiger partial charge is 0.221 e. The lowest BCUT2D eigenvalue weighted by molar-refractivity contribution is -0.114. The van der Waals surface area contributed by atoms with Crippen molar-refractivity contribution in [2.75, 3.05) is 10.6 Å². The Morgan fingerprint density at radius 2 is 2.05 bits per heavy atom. The fourth-order valence-electron chi connectivity index (χ4n) is 2.20. The molecule has 2 N–H and O–H groups in total. The van der Waals surface area contributed by atoms with E-state index in [9.17, 15) is 4.79 Å². The highest BCUT2D eigenvalue weighted by Crippen LogP contribution is 2.26. The van der Waals surface area contributed by atoms with E-state index in [1.54, 1.807) is 17.5 Å². The summed E-state index contributed by atoms with van der Waals surface area (Å²) in [7, 11) is 0. The highest BCUT2D eigenvalue weighted by atomic mass is 32.1. The van der Waals surface area contributed by atoms with Gasteiger partial charge in [0.1, 0.15) is 0 Å². The van der Waals surface area contributed by atoms with Gasteiger partial charge in [-0.3, -0.25) is 9.78 Å². The zero-order chi connectivity index (χ0) is 14.7. The number of hydrogen-bond acceptors (Lipinski definition) is 4. The molecule has 0 aliphatic carbocycles. The number of thiophene rings is 1. The summed E-state index contributed by atoms with van der Waals surface area (Å²) in [5.41, 5.74) is 2.82. The van der Waals surface area contributed by atoms with Crippen LogP contribution in [-0.4, -0.2) is 10.9 Å². The number of para-hydroxylation sites is 1. The third-order valence-electron chi connectivity index (χ3n) is 3.13. The molecule has 0 saturated carbocycles. The van der Waals surface area contributed by atoms with Crippen molar-refractivity contribution in [2.24, 2.45) is 0 Å². The molecule has 0 aliphatic rings. The monoisotopic (exact) mass is 297 g/mol. The molecule has 3 aromatic rings. The molecule has 0 bridgehead atoms. The predicted octanol–water partition coefficient (Wildman–Crippen LogP) is 3.87. The number of amides is 1. The maximum absolute atomic E-state index is 11.2. The molecule has 0 atom stereocenters. The van der Waals surface area contributed by atoms with Gasteiger partial charge >= 0.3 is 0 Å². The number of carbonyl (C=O) groups is 1. The summed E-state index contributed by atoms with van der Waals surface area (Å²) in [6, 6.07) is 12.0. The van der Waals surface area contributed by atoms with Crippen molar-refractivity contribution in [3.63, 3.8) is 0 Å². The van der Waals surface area contributed by atoms with E-state index in [1.807, 2.05) is 41.8 Å². The Kier molecular flexibility index (Phi) is 3.83. The van der Waals surface area contributed by atoms with Gasteiger partial charge in [0, 0.05) is 23.4 Å². The average molecular weight is 297 g/mol. The van der Waals surface area contributed by atoms with Crippen molar-refractivity contribution < 1.29 is 4.79 Å². The number of benzene rings is 1. The summed E-state index contributed by atoms with van der Waals surface area (Å²) in [4.78, 5) is 16.7. The molecule has 5 heteroatoms. The number of fused-ring (bicyclic) bond motifs is 1. The van der Waals surface area contributed by atoms with Gasteiger partial charge in [0.2, 0.25) is 5.91 Å². The summed E-state index contributed by atoms with van der Waals surface area (Å²) < 4.78 is 0. The molecular weight excluding hydrogens is 282 g/mol. The van der Waals surface area contributed by atoms with Gasteiger partial charge in [-0.05, 0) is 23.6 Å². The normalized spacial score (nSPS) is 10.5. The lowest BCUT2D eigenvalue weighted by Crippen LogP contribution is -2.08. The SMILES string of the molecule is CC(=O)Nc1ccsc1CNc1cccc2cccnc12. The highest BCUT2D eigenvalue weighted by Gasteiger charge is 2.07. The minimum absolute atomic E-state index is 0.0542. The van der Waals surface area contributed by atoms with Crippen LogP contribution in [0, 0.1) is 0 Å². The van der Waals surface area contributed by atoms with Gasteiger partial charge in [0.15, 0.2) is 0 Å². The first-order valence-electron chi connectivity index (χ1n) is 6.65. The largest absolute Gasteiger partial charge is 0.378 e. The van der Waals surface area contributed by atoms with E-state index in [2.05, 4.69) is 15.6 Å². The summed E-state index contributed by atoms with van der Waals surface area (Å²) >= 11 is 1.62. The van der Waals surface area contributed by atoms with Crippen LogP contribution in [0.3, 0.4) is 0 Å². The Morgan fingerprint density at radius 1 is 1.19 bits per heavy atom. The third kappa shape index (κ3) is 3.03. The fraction of sp³-hybridized carbons (Fsp3) is 0.125. The van der Waals surface area contributed by atoms with E-state index in [-0.39, 0.29) is 5.91 Å². The summed E-state index contributed by atoms with van der Waals surface area (Å²) in [5, 5.41) is 9.33. The van der Waals surface area contributed by atoms with Crippen LogP contribution in [0.1, 0.15) is 11.8 Å². The number of anilines is 2. The second-order valence-electron chi connectivity index (χ2n) is 4.67. The predicted molar refractivity (Wildman–Crippen MR) is 87.7 cm³/mol. The zero-order valence-corrected chi connectivity index (χ0v) is 12.4. The van der Waals surface area contributed by atoms with E-state index < -0.39 is 0 Å². The Morgan fingerprint density at radius 3 is 2.90 bits per heavy atom. The number of hydrogen-bond donors (Lipinski definition) is 2. The molecule has 4 nitrogen and oxygen atoms in total. The first-order valence-corrected chi connectivity index (χ1v) is 7.53. The van der Waals surface area contributed by atoms with Gasteiger partial charge in [0.25, 0.3) is 0 Å². The molecule has 0 spiro atoms. The first kappa shape index (κ1) is 13.6. The zero-order valence-electron chi connectivity index (χ0n) is 11.6. The maximum Gasteiger partial charge on any atom is 0.221 e. The van der Waals surface area contributed by atoms with Crippen molar-refractivity contribution in [3.8, 4) is 0 Å². The number of aromatic nitrogens is 1. The molecule has 0 aliphatic heterocycles. The molecule has 2 heterocycles. The van der Waals surface area contributed by atoms with Crippen LogP contribution in [0.4, 0.5) is 11.4 Å². The van der Waals surface area contributed by atoms with Crippen LogP contribution in [0.25, 0.3) is 10.9 Å². The maximum atomic E-state index is 11.2. The molecule has 0 fully saturated rings. The average Bonchev–Trinajstić information content (AvgIpc) is 2.91. The quantitative estimate of drug-likeness (QED) is 0.768. The minimum atomic E-state index is -0.0542. The lowest BCUT2D eigenvalue weighted by Gasteiger charge is -2.09. The number of nitrogens with zero attached hydrogens (tertiary/aromatic N) is 1. The van der Waals surface area contributed by atoms with Crippen LogP contribution in [0.5, 0.6) is 0 Å². The van der Waals surface area contributed by atoms with Gasteiger partial charge < -0.3 is 10.6 Å². The highest BCUT2D eigenvalue weighted by molar-refractivity contribution is 7.10. The molecule has 0 radical (unpaired) electrons. The van der Waals surface area contributed by atoms with Crippen molar-refractivity contribution in [2.45, 2.75) is 13.5 Å². The van der Waals surface area contributed by atoms with Crippen LogP contribution in [0.2, 0.25) is 0 Å². The second kappa shape index (κ2) is 5.93. The Hall–Kier alpha value is -2.40. The molecule has 1 amide bonds. The lowest BCUT2D eigenvalue weighted by atomic mass is 10.2. The van der Waals surface area contributed by atoms with Crippen molar-refractivity contribution in [3.05, 3.63) is 52.9 Å². The summed E-state index contributed by atoms with van der Waals surface area (Å²) in [5.74, 6) is -0.0542. The van der Waals surface area contributed by atoms with E-state index in [4.69, 9.17) is 0 Å². The molecule has 0 unspecified atom stereocenters. The topological polar surface area (TPSA) is 54.0 Å². The number of rotatable bonds is 4. The van der Waals surface area contributed by atoms with E-state index in [1.165, 1.54) is 6.92 Å². The Bertz CT molecular complexity index is 777. The fourth-order valence-corrected chi connectivity index (χ4v) is 2.97. The van der Waals surface area contributed by atoms with Crippen molar-refractivity contribution in [1.82, 2.24) is 4.98 Å². The number of nitrogens with one attached hydrogen (secondary N) is 2. The minimum Gasteiger partial charge on any atom is -0.378 e. The standard InChI is InChI=1S/C16H15N3OS/c1-11(20)19-13-7-9-21-15(13)10-18-14-6-2-4-12-5-3-8-17-16(12)14/h2-9,18H,10H2,1H3,(H,19,20). The van der Waals surface area contributed by atoms with Crippen LogP contribution in [-0.2, 0) is 11.3 Å². The Balaban J connectivity index is 1.81. The molecule has 2 aromatic heterocycles. The van der Waals surface area contributed by atoms with Gasteiger partial charge in [-0.2, -0.15) is 0 Å². The third-order valence-corrected chi connectivity index (χ3v) is 4.05. The van der Waals surface area contributed by atoms with E-state index in [0.717, 1.165) is 27.2 Å². The summed E-state index contributed by atoms with van der Waals surface area (Å²) in [6.07, 6.45) is 1.79. The molecule has 106 valence electrons. The van der Waals surface area contributed by atoms with E-state index in [0.29, 0.717) is 6.54 Å². The summed E-state index contributed by atoms with van der Waals surface area (Å²) in [6.45, 7) is 2.17. The Labute approximate surface area is 126 Å². The molecule has 21 heavy (non-hydrogen) atoms. The van der Waals surface area contributed by atoms with Crippen LogP contribution < -0.4 is 10.6 Å². The van der Waals surface area contributed by atoms with Crippen molar-refractivity contribution >= 4 is 39.5 Å². The number of pyridine rings is 1. The molecular formula is C16H15N3OS. The molecule has 3 rings (SSSR count). The van der Waals surface area contributed by atoms with Gasteiger partial charge in [-0.25, -0.2) is 0 Å². The van der Waals surface area contributed by atoms with Crippen LogP contribution in [0.15, 0.2) is 48.0 Å².